The van der Waals surface area contributed by atoms with Crippen molar-refractivity contribution in [1.82, 2.24) is 35.1 Å². The molecule has 144 valence electrons. The quantitative estimate of drug-likeness (QED) is 0.400. The molecule has 0 aromatic carbocycles. The molecule has 6 aromatic heterocycles. The molecule has 6 rings (SSSR count). The summed E-state index contributed by atoms with van der Waals surface area (Å²) < 4.78 is 0. The molecule has 0 fully saturated rings. The first-order valence-corrected chi connectivity index (χ1v) is 10.1. The number of fused-ring (bicyclic) bond motifs is 2. The van der Waals surface area contributed by atoms with Crippen LogP contribution in [0.5, 0.6) is 0 Å². The maximum Gasteiger partial charge on any atom is 0.181 e. The Morgan fingerprint density at radius 3 is 2.77 bits per heavy atom. The highest BCUT2D eigenvalue weighted by Crippen LogP contribution is 2.32. The third kappa shape index (κ3) is 2.64. The number of nitrogens with two attached hydrogens (primary N) is 1. The first-order chi connectivity index (χ1) is 14.8. The first kappa shape index (κ1) is 16.8. The Morgan fingerprint density at radius 2 is 1.90 bits per heavy atom. The van der Waals surface area contributed by atoms with Crippen molar-refractivity contribution in [2.45, 2.75) is 0 Å². The van der Waals surface area contributed by atoms with Crippen molar-refractivity contribution in [3.63, 3.8) is 0 Å². The third-order valence-corrected chi connectivity index (χ3v) is 5.62. The lowest BCUT2D eigenvalue weighted by Gasteiger charge is -2.02. The minimum Gasteiger partial charge on any atom is -0.397 e. The van der Waals surface area contributed by atoms with E-state index in [4.69, 9.17) is 10.7 Å². The molecule has 0 atom stereocenters. The maximum atomic E-state index is 5.89. The number of aromatic amines is 2. The van der Waals surface area contributed by atoms with Crippen molar-refractivity contribution < 1.29 is 0 Å². The number of nitrogens with zero attached hydrogens (tertiary/aromatic N) is 5. The van der Waals surface area contributed by atoms with Crippen molar-refractivity contribution >= 4 is 39.1 Å². The monoisotopic (exact) mass is 410 g/mol. The van der Waals surface area contributed by atoms with Crippen LogP contribution in [-0.2, 0) is 0 Å². The van der Waals surface area contributed by atoms with Crippen molar-refractivity contribution in [2.24, 2.45) is 0 Å². The van der Waals surface area contributed by atoms with Crippen LogP contribution in [0.4, 0.5) is 5.69 Å². The van der Waals surface area contributed by atoms with Gasteiger partial charge in [-0.1, -0.05) is 0 Å². The molecule has 0 bridgehead atoms. The largest absolute Gasteiger partial charge is 0.397 e. The lowest BCUT2D eigenvalue weighted by Crippen LogP contribution is -1.89. The molecular weight excluding hydrogens is 396 g/mol. The van der Waals surface area contributed by atoms with E-state index in [1.54, 1.807) is 36.1 Å². The number of H-pyrrole nitrogens is 2. The zero-order chi connectivity index (χ0) is 20.1. The SMILES string of the molecule is Nc1cncc(-c2cnc3n[nH]c(-c4nc5c(-c6ccsc6)nccc5[nH]4)c3c2)c1. The lowest BCUT2D eigenvalue weighted by molar-refractivity contribution is 1.09. The van der Waals surface area contributed by atoms with E-state index in [-0.39, 0.29) is 0 Å². The summed E-state index contributed by atoms with van der Waals surface area (Å²) in [4.78, 5) is 21.4. The molecule has 0 radical (unpaired) electrons. The van der Waals surface area contributed by atoms with Crippen LogP contribution in [0, 0.1) is 0 Å². The van der Waals surface area contributed by atoms with Crippen LogP contribution in [0.25, 0.3) is 56.0 Å². The van der Waals surface area contributed by atoms with Crippen molar-refractivity contribution in [2.75, 3.05) is 5.73 Å². The Labute approximate surface area is 173 Å². The number of imidazole rings is 1. The predicted molar refractivity (Wildman–Crippen MR) is 118 cm³/mol. The molecule has 6 aromatic rings. The molecule has 0 saturated carbocycles. The highest BCUT2D eigenvalue weighted by Gasteiger charge is 2.16. The highest BCUT2D eigenvalue weighted by molar-refractivity contribution is 7.08. The van der Waals surface area contributed by atoms with Gasteiger partial charge in [-0.3, -0.25) is 15.1 Å². The Hall–Kier alpha value is -4.11. The van der Waals surface area contributed by atoms with Gasteiger partial charge in [-0.05, 0) is 29.6 Å². The number of hydrogen-bond donors (Lipinski definition) is 3. The van der Waals surface area contributed by atoms with Gasteiger partial charge in [-0.15, -0.1) is 0 Å². The average molecular weight is 410 g/mol. The van der Waals surface area contributed by atoms with E-state index in [0.717, 1.165) is 44.5 Å². The minimum absolute atomic E-state index is 0.603. The molecule has 0 aliphatic heterocycles. The summed E-state index contributed by atoms with van der Waals surface area (Å²) in [5, 5.41) is 12.4. The van der Waals surface area contributed by atoms with E-state index >= 15 is 0 Å². The van der Waals surface area contributed by atoms with Gasteiger partial charge in [-0.2, -0.15) is 16.4 Å². The number of nitrogen functional groups attached to an aromatic ring is 1. The fraction of sp³-hybridized carbons (Fsp3) is 0. The number of pyridine rings is 3. The van der Waals surface area contributed by atoms with Gasteiger partial charge < -0.3 is 10.7 Å². The van der Waals surface area contributed by atoms with Gasteiger partial charge >= 0.3 is 0 Å². The first-order valence-electron chi connectivity index (χ1n) is 9.19. The summed E-state index contributed by atoms with van der Waals surface area (Å²) in [6.45, 7) is 0. The minimum atomic E-state index is 0.603. The number of nitrogens with one attached hydrogen (secondary N) is 2. The smallest absolute Gasteiger partial charge is 0.181 e. The van der Waals surface area contributed by atoms with Crippen LogP contribution >= 0.6 is 11.3 Å². The molecule has 0 amide bonds. The van der Waals surface area contributed by atoms with Crippen LogP contribution < -0.4 is 5.73 Å². The molecule has 6 heterocycles. The second-order valence-electron chi connectivity index (χ2n) is 6.85. The van der Waals surface area contributed by atoms with E-state index in [1.165, 1.54) is 0 Å². The molecule has 0 unspecified atom stereocenters. The highest BCUT2D eigenvalue weighted by atomic mass is 32.1. The molecule has 0 spiro atoms. The topological polar surface area (TPSA) is 122 Å². The Balaban J connectivity index is 1.52. The van der Waals surface area contributed by atoms with E-state index in [2.05, 4.69) is 35.5 Å². The van der Waals surface area contributed by atoms with Crippen LogP contribution in [-0.4, -0.2) is 35.1 Å². The van der Waals surface area contributed by atoms with Gasteiger partial charge in [-0.25, -0.2) is 9.97 Å². The molecule has 4 N–H and O–H groups in total. The summed E-state index contributed by atoms with van der Waals surface area (Å²) in [5.41, 5.74) is 13.3. The average Bonchev–Trinajstić information content (AvgIpc) is 3.51. The normalized spacial score (nSPS) is 11.5. The molecule has 8 nitrogen and oxygen atoms in total. The summed E-state index contributed by atoms with van der Waals surface area (Å²) in [7, 11) is 0. The van der Waals surface area contributed by atoms with Gasteiger partial charge in [0.1, 0.15) is 11.2 Å². The molecule has 0 aliphatic rings. The van der Waals surface area contributed by atoms with E-state index in [1.807, 2.05) is 29.6 Å². The maximum absolute atomic E-state index is 5.89. The van der Waals surface area contributed by atoms with E-state index in [0.29, 0.717) is 17.2 Å². The molecule has 0 saturated heterocycles. The lowest BCUT2D eigenvalue weighted by atomic mass is 10.1. The second kappa shape index (κ2) is 6.46. The van der Waals surface area contributed by atoms with E-state index in [9.17, 15) is 0 Å². The Kier molecular flexibility index (Phi) is 3.62. The predicted octanol–water partition coefficient (Wildman–Crippen LogP) is 4.27. The van der Waals surface area contributed by atoms with Crippen LogP contribution in [0.1, 0.15) is 0 Å². The summed E-state index contributed by atoms with van der Waals surface area (Å²) in [5.74, 6) is 0.682. The standard InChI is InChI=1S/C21H14N8S/c22-14-5-12(7-23-9-14)13-6-15-18(28-29-20(15)25-8-13)21-26-16-1-3-24-17(19(16)27-21)11-2-4-30-10-11/h1-10H,22H2,(H,26,27)(H,25,28,29). The summed E-state index contributed by atoms with van der Waals surface area (Å²) in [6.07, 6.45) is 6.93. The number of hydrogen-bond acceptors (Lipinski definition) is 7. The fourth-order valence-corrected chi connectivity index (χ4v) is 4.16. The van der Waals surface area contributed by atoms with Crippen LogP contribution in [0.3, 0.4) is 0 Å². The Bertz CT molecular complexity index is 1510. The van der Waals surface area contributed by atoms with Gasteiger partial charge in [0, 0.05) is 46.9 Å². The van der Waals surface area contributed by atoms with Crippen LogP contribution in [0.15, 0.2) is 59.8 Å². The van der Waals surface area contributed by atoms with E-state index < -0.39 is 0 Å². The molecular formula is C21H14N8S. The number of rotatable bonds is 3. The number of anilines is 1. The van der Waals surface area contributed by atoms with Gasteiger partial charge in [0.25, 0.3) is 0 Å². The second-order valence-corrected chi connectivity index (χ2v) is 7.63. The molecule has 0 aliphatic carbocycles. The van der Waals surface area contributed by atoms with Crippen molar-refractivity contribution in [3.05, 3.63) is 59.8 Å². The molecule has 9 heteroatoms. The van der Waals surface area contributed by atoms with Gasteiger partial charge in [0.15, 0.2) is 11.5 Å². The zero-order valence-corrected chi connectivity index (χ0v) is 16.3. The van der Waals surface area contributed by atoms with Gasteiger partial charge in [0.2, 0.25) is 0 Å². The van der Waals surface area contributed by atoms with Crippen molar-refractivity contribution in [1.29, 1.82) is 0 Å². The third-order valence-electron chi connectivity index (χ3n) is 4.93. The van der Waals surface area contributed by atoms with Crippen molar-refractivity contribution in [3.8, 4) is 33.9 Å². The molecule has 30 heavy (non-hydrogen) atoms. The number of aromatic nitrogens is 7. The summed E-state index contributed by atoms with van der Waals surface area (Å²) >= 11 is 1.63. The van der Waals surface area contributed by atoms with Gasteiger partial charge in [0.05, 0.1) is 22.3 Å². The summed E-state index contributed by atoms with van der Waals surface area (Å²) in [6, 6.07) is 7.85. The Morgan fingerprint density at radius 1 is 0.967 bits per heavy atom. The zero-order valence-electron chi connectivity index (χ0n) is 15.5. The fourth-order valence-electron chi connectivity index (χ4n) is 3.52. The van der Waals surface area contributed by atoms with Crippen LogP contribution in [0.2, 0.25) is 0 Å². The number of thiophene rings is 1.